The second-order valence-corrected chi connectivity index (χ2v) is 2.08. The zero-order valence-electron chi connectivity index (χ0n) is 5.31. The second kappa shape index (κ2) is 18.1. The van der Waals surface area contributed by atoms with Crippen molar-refractivity contribution >= 4 is 0 Å². The minimum Gasteiger partial charge on any atom is -0.0776 e. The van der Waals surface area contributed by atoms with E-state index in [-0.39, 0.29) is 44.6 Å². The Morgan fingerprint density at radius 1 is 0.571 bits per heavy atom. The van der Waals surface area contributed by atoms with Crippen LogP contribution in [-0.2, 0) is 0 Å². The normalized spacial score (nSPS) is 5.29. The fourth-order valence-electron chi connectivity index (χ4n) is 0.663. The van der Waals surface area contributed by atoms with E-state index in [1.807, 2.05) is 0 Å². The van der Waals surface area contributed by atoms with E-state index in [9.17, 15) is 0 Å². The van der Waals surface area contributed by atoms with Gasteiger partial charge in [-0.2, -0.15) is 0 Å². The number of aryl methyl sites for hydroxylation is 2. The summed E-state index contributed by atoms with van der Waals surface area (Å²) in [6.07, 6.45) is 0. The third kappa shape index (κ3) is 11.2. The molecule has 0 aliphatic carbocycles. The summed E-state index contributed by atoms with van der Waals surface area (Å²) in [5, 5.41) is 0. The smallest absolute Gasteiger partial charge is 0.0395 e. The number of hydrogen-bond acceptors (Lipinski definition) is 0. The Balaban J connectivity index is -0.0000000267. The standard InChI is InChI=1S/C8H10.6CH4/c1-7-5-3-4-6-8(7)2;;;;;;/h3-6H,1-2H3;6*1H4. The van der Waals surface area contributed by atoms with Crippen LogP contribution in [0.15, 0.2) is 24.3 Å². The highest BCUT2D eigenvalue weighted by Gasteiger charge is 1.83. The molecule has 0 aromatic heterocycles. The first kappa shape index (κ1) is 37.9. The zero-order chi connectivity index (χ0) is 5.98. The molecule has 0 radical (unpaired) electrons. The highest BCUT2D eigenvalue weighted by molar-refractivity contribution is 5.23. The summed E-state index contributed by atoms with van der Waals surface area (Å²) in [5.41, 5.74) is 2.74. The second-order valence-electron chi connectivity index (χ2n) is 2.08. The van der Waals surface area contributed by atoms with E-state index >= 15 is 0 Å². The van der Waals surface area contributed by atoms with Crippen LogP contribution in [0.3, 0.4) is 0 Å². The molecule has 0 atom stereocenters. The van der Waals surface area contributed by atoms with Crippen LogP contribution in [0.5, 0.6) is 0 Å². The molecule has 1 rings (SSSR count). The molecule has 0 heterocycles. The van der Waals surface area contributed by atoms with Gasteiger partial charge in [0.2, 0.25) is 0 Å². The molecule has 1 aromatic rings. The minimum atomic E-state index is 0. The zero-order valence-corrected chi connectivity index (χ0v) is 5.31. The maximum atomic E-state index is 2.12. The lowest BCUT2D eigenvalue weighted by molar-refractivity contribution is 1.34. The summed E-state index contributed by atoms with van der Waals surface area (Å²) in [6.45, 7) is 4.24. The third-order valence-corrected chi connectivity index (χ3v) is 1.43. The minimum absolute atomic E-state index is 0. The van der Waals surface area contributed by atoms with Gasteiger partial charge in [-0.3, -0.25) is 0 Å². The van der Waals surface area contributed by atoms with E-state index in [4.69, 9.17) is 0 Å². The van der Waals surface area contributed by atoms with Crippen molar-refractivity contribution < 1.29 is 0 Å². The number of hydrogen-bond donors (Lipinski definition) is 0. The summed E-state index contributed by atoms with van der Waals surface area (Å²) < 4.78 is 0. The van der Waals surface area contributed by atoms with Crippen LogP contribution in [0.2, 0.25) is 0 Å². The topological polar surface area (TPSA) is 0 Å². The molecule has 0 fully saturated rings. The summed E-state index contributed by atoms with van der Waals surface area (Å²) in [5.74, 6) is 0. The van der Waals surface area contributed by atoms with Crippen molar-refractivity contribution in [3.05, 3.63) is 35.4 Å². The summed E-state index contributed by atoms with van der Waals surface area (Å²) >= 11 is 0. The molecule has 0 N–H and O–H groups in total. The highest BCUT2D eigenvalue weighted by atomic mass is 13.9. The first-order valence-corrected chi connectivity index (χ1v) is 2.83. The van der Waals surface area contributed by atoms with Crippen LogP contribution in [0, 0.1) is 13.8 Å². The maximum Gasteiger partial charge on any atom is -0.0395 e. The van der Waals surface area contributed by atoms with Crippen molar-refractivity contribution in [2.24, 2.45) is 0 Å². The van der Waals surface area contributed by atoms with E-state index in [0.29, 0.717) is 0 Å². The van der Waals surface area contributed by atoms with Gasteiger partial charge in [0.25, 0.3) is 0 Å². The quantitative estimate of drug-likeness (QED) is 0.475. The Kier molecular flexibility index (Phi) is 49.0. The van der Waals surface area contributed by atoms with Gasteiger partial charge >= 0.3 is 0 Å². The predicted octanol–water partition coefficient (Wildman–Crippen LogP) is 6.12. The largest absolute Gasteiger partial charge is 0.0776 e. The van der Waals surface area contributed by atoms with E-state index in [1.165, 1.54) is 11.1 Å². The molecular formula is C14H34. The van der Waals surface area contributed by atoms with Crippen LogP contribution in [0.1, 0.15) is 55.7 Å². The lowest BCUT2D eigenvalue weighted by Crippen LogP contribution is -1.74. The van der Waals surface area contributed by atoms with Gasteiger partial charge in [0, 0.05) is 0 Å². The van der Waals surface area contributed by atoms with Crippen LogP contribution >= 0.6 is 0 Å². The molecule has 0 heteroatoms. The maximum absolute atomic E-state index is 2.12. The van der Waals surface area contributed by atoms with Gasteiger partial charge in [-0.05, 0) is 25.0 Å². The van der Waals surface area contributed by atoms with Crippen molar-refractivity contribution in [2.45, 2.75) is 58.4 Å². The van der Waals surface area contributed by atoms with E-state index in [1.54, 1.807) is 0 Å². The molecule has 14 heavy (non-hydrogen) atoms. The van der Waals surface area contributed by atoms with Gasteiger partial charge in [0.05, 0.1) is 0 Å². The monoisotopic (exact) mass is 202 g/mol. The van der Waals surface area contributed by atoms with Gasteiger partial charge in [-0.1, -0.05) is 68.8 Å². The van der Waals surface area contributed by atoms with Crippen molar-refractivity contribution in [1.29, 1.82) is 0 Å². The number of rotatable bonds is 0. The van der Waals surface area contributed by atoms with Crippen LogP contribution in [0.4, 0.5) is 0 Å². The van der Waals surface area contributed by atoms with Crippen LogP contribution in [-0.4, -0.2) is 0 Å². The molecule has 0 saturated heterocycles. The van der Waals surface area contributed by atoms with Crippen molar-refractivity contribution in [3.63, 3.8) is 0 Å². The van der Waals surface area contributed by atoms with Gasteiger partial charge in [-0.15, -0.1) is 0 Å². The van der Waals surface area contributed by atoms with Gasteiger partial charge < -0.3 is 0 Å². The van der Waals surface area contributed by atoms with Crippen LogP contribution in [0.25, 0.3) is 0 Å². The Morgan fingerprint density at radius 3 is 0.929 bits per heavy atom. The Hall–Kier alpha value is -0.780. The van der Waals surface area contributed by atoms with E-state index in [0.717, 1.165) is 0 Å². The molecule has 0 spiro atoms. The average molecular weight is 202 g/mol. The molecule has 0 saturated carbocycles. The molecule has 0 amide bonds. The average Bonchev–Trinajstić information content (AvgIpc) is 1.77. The van der Waals surface area contributed by atoms with Crippen molar-refractivity contribution in [1.82, 2.24) is 0 Å². The van der Waals surface area contributed by atoms with Gasteiger partial charge in [-0.25, -0.2) is 0 Å². The molecule has 0 aliphatic heterocycles. The molecule has 1 aromatic carbocycles. The van der Waals surface area contributed by atoms with Gasteiger partial charge in [0.1, 0.15) is 0 Å². The molecular weight excluding hydrogens is 168 g/mol. The lowest BCUT2D eigenvalue weighted by Gasteiger charge is -1.93. The van der Waals surface area contributed by atoms with Crippen molar-refractivity contribution in [2.75, 3.05) is 0 Å². The fraction of sp³-hybridized carbons (Fsp3) is 0.571. The highest BCUT2D eigenvalue weighted by Crippen LogP contribution is 2.02. The predicted molar refractivity (Wildman–Crippen MR) is 76.3 cm³/mol. The van der Waals surface area contributed by atoms with Crippen molar-refractivity contribution in [3.8, 4) is 0 Å². The Bertz CT molecular complexity index is 156. The van der Waals surface area contributed by atoms with Gasteiger partial charge in [0.15, 0.2) is 0 Å². The molecule has 0 bridgehead atoms. The van der Waals surface area contributed by atoms with E-state index in [2.05, 4.69) is 38.1 Å². The Labute approximate surface area is 94.4 Å². The van der Waals surface area contributed by atoms with E-state index < -0.39 is 0 Å². The Morgan fingerprint density at radius 2 is 0.786 bits per heavy atom. The molecule has 0 aliphatic rings. The molecule has 0 nitrogen and oxygen atoms in total. The van der Waals surface area contributed by atoms with Crippen LogP contribution < -0.4 is 0 Å². The fourth-order valence-corrected chi connectivity index (χ4v) is 0.663. The summed E-state index contributed by atoms with van der Waals surface area (Å²) in [6, 6.07) is 8.36. The SMILES string of the molecule is C.C.C.C.C.C.Cc1ccccc1C. The first-order chi connectivity index (χ1) is 3.80. The molecule has 90 valence electrons. The number of benzene rings is 1. The lowest BCUT2D eigenvalue weighted by atomic mass is 10.1. The summed E-state index contributed by atoms with van der Waals surface area (Å²) in [7, 11) is 0. The summed E-state index contributed by atoms with van der Waals surface area (Å²) in [4.78, 5) is 0. The third-order valence-electron chi connectivity index (χ3n) is 1.43. The first-order valence-electron chi connectivity index (χ1n) is 2.83. The molecule has 0 unspecified atom stereocenters.